The van der Waals surface area contributed by atoms with Gasteiger partial charge < -0.3 is 10.1 Å². The van der Waals surface area contributed by atoms with Gasteiger partial charge in [0.05, 0.1) is 17.4 Å². The molecule has 5 nitrogen and oxygen atoms in total. The van der Waals surface area contributed by atoms with Gasteiger partial charge in [0.1, 0.15) is 0 Å². The summed E-state index contributed by atoms with van der Waals surface area (Å²) in [5.41, 5.74) is 0. The van der Waals surface area contributed by atoms with Gasteiger partial charge in [-0.1, -0.05) is 19.3 Å². The van der Waals surface area contributed by atoms with Crippen molar-refractivity contribution in [1.82, 2.24) is 10.0 Å². The summed E-state index contributed by atoms with van der Waals surface area (Å²) in [6, 6.07) is -0.119. The second-order valence-electron chi connectivity index (χ2n) is 4.96. The lowest BCUT2D eigenvalue weighted by Gasteiger charge is -2.25. The first kappa shape index (κ1) is 13.3. The number of methoxy groups -OCH3 is 1. The van der Waals surface area contributed by atoms with E-state index in [9.17, 15) is 8.42 Å². The van der Waals surface area contributed by atoms with E-state index in [0.717, 1.165) is 32.1 Å². The van der Waals surface area contributed by atoms with Gasteiger partial charge >= 0.3 is 0 Å². The van der Waals surface area contributed by atoms with Crippen molar-refractivity contribution in [3.05, 3.63) is 0 Å². The van der Waals surface area contributed by atoms with Crippen LogP contribution < -0.4 is 10.0 Å². The van der Waals surface area contributed by atoms with Crippen molar-refractivity contribution in [2.24, 2.45) is 0 Å². The predicted molar refractivity (Wildman–Crippen MR) is 66.4 cm³/mol. The van der Waals surface area contributed by atoms with Gasteiger partial charge in [0.25, 0.3) is 0 Å². The first-order valence-corrected chi connectivity index (χ1v) is 7.93. The molecule has 1 unspecified atom stereocenters. The zero-order valence-corrected chi connectivity index (χ0v) is 11.1. The monoisotopic (exact) mass is 262 g/mol. The third-order valence-electron chi connectivity index (χ3n) is 3.77. The molecule has 17 heavy (non-hydrogen) atoms. The van der Waals surface area contributed by atoms with Gasteiger partial charge in [-0.2, -0.15) is 0 Å². The molecule has 0 amide bonds. The highest BCUT2D eigenvalue weighted by molar-refractivity contribution is 7.90. The van der Waals surface area contributed by atoms with E-state index in [0.29, 0.717) is 13.1 Å². The van der Waals surface area contributed by atoms with Gasteiger partial charge in [0.15, 0.2) is 0 Å². The first-order valence-electron chi connectivity index (χ1n) is 6.38. The average molecular weight is 262 g/mol. The van der Waals surface area contributed by atoms with Gasteiger partial charge in [-0.15, -0.1) is 0 Å². The van der Waals surface area contributed by atoms with Crippen LogP contribution in [-0.4, -0.2) is 46.0 Å². The van der Waals surface area contributed by atoms with Crippen LogP contribution in [0.2, 0.25) is 0 Å². The van der Waals surface area contributed by atoms with E-state index in [-0.39, 0.29) is 17.4 Å². The maximum Gasteiger partial charge on any atom is 0.214 e. The summed E-state index contributed by atoms with van der Waals surface area (Å²) in [4.78, 5) is 0. The number of rotatable bonds is 4. The number of ether oxygens (including phenoxy) is 1. The number of nitrogens with one attached hydrogen (secondary N) is 2. The highest BCUT2D eigenvalue weighted by Crippen LogP contribution is 2.23. The lowest BCUT2D eigenvalue weighted by molar-refractivity contribution is 0.102. The fourth-order valence-corrected chi connectivity index (χ4v) is 4.51. The molecule has 2 rings (SSSR count). The lowest BCUT2D eigenvalue weighted by atomic mass is 10.0. The minimum absolute atomic E-state index is 0.0478. The van der Waals surface area contributed by atoms with Crippen molar-refractivity contribution in [2.75, 3.05) is 20.2 Å². The van der Waals surface area contributed by atoms with Crippen LogP contribution in [0.4, 0.5) is 0 Å². The predicted octanol–water partition coefficient (Wildman–Crippen LogP) is 0.225. The Morgan fingerprint density at radius 2 is 1.88 bits per heavy atom. The van der Waals surface area contributed by atoms with Crippen LogP contribution in [0, 0.1) is 0 Å². The summed E-state index contributed by atoms with van der Waals surface area (Å²) in [6.07, 6.45) is 4.77. The molecule has 1 aliphatic heterocycles. The highest BCUT2D eigenvalue weighted by Gasteiger charge is 2.34. The fourth-order valence-electron chi connectivity index (χ4n) is 2.70. The lowest BCUT2D eigenvalue weighted by Crippen LogP contribution is -2.47. The van der Waals surface area contributed by atoms with Crippen LogP contribution >= 0.6 is 0 Å². The molecule has 1 aliphatic carbocycles. The first-order chi connectivity index (χ1) is 8.13. The van der Waals surface area contributed by atoms with E-state index in [2.05, 4.69) is 10.0 Å². The molecule has 2 aliphatic rings. The summed E-state index contributed by atoms with van der Waals surface area (Å²) in [5, 5.41) is 2.95. The van der Waals surface area contributed by atoms with Crippen molar-refractivity contribution in [2.45, 2.75) is 49.5 Å². The van der Waals surface area contributed by atoms with Crippen LogP contribution in [0.3, 0.4) is 0 Å². The normalized spacial score (nSPS) is 31.8. The Labute approximate surface area is 103 Å². The highest BCUT2D eigenvalue weighted by atomic mass is 32.2. The second kappa shape index (κ2) is 5.65. The van der Waals surface area contributed by atoms with E-state index in [1.807, 2.05) is 0 Å². The molecule has 2 fully saturated rings. The molecule has 0 bridgehead atoms. The summed E-state index contributed by atoms with van der Waals surface area (Å²) >= 11 is 0. The quantitative estimate of drug-likeness (QED) is 0.761. The van der Waals surface area contributed by atoms with Crippen LogP contribution in [-0.2, 0) is 14.8 Å². The Bertz CT molecular complexity index is 339. The number of hydrogen-bond donors (Lipinski definition) is 2. The van der Waals surface area contributed by atoms with Gasteiger partial charge in [-0.25, -0.2) is 13.1 Å². The average Bonchev–Trinajstić information content (AvgIpc) is 2.77. The van der Waals surface area contributed by atoms with Crippen molar-refractivity contribution in [3.8, 4) is 0 Å². The van der Waals surface area contributed by atoms with E-state index >= 15 is 0 Å². The molecule has 2 atom stereocenters. The molecule has 0 aromatic rings. The number of sulfonamides is 1. The van der Waals surface area contributed by atoms with Gasteiger partial charge in [0.2, 0.25) is 10.0 Å². The molecule has 0 aromatic carbocycles. The summed E-state index contributed by atoms with van der Waals surface area (Å²) in [7, 11) is -1.56. The topological polar surface area (TPSA) is 67.4 Å². The van der Waals surface area contributed by atoms with E-state index in [1.165, 1.54) is 0 Å². The molecule has 0 spiro atoms. The minimum Gasteiger partial charge on any atom is -0.378 e. The molecule has 0 aromatic heterocycles. The van der Waals surface area contributed by atoms with E-state index in [1.54, 1.807) is 7.11 Å². The van der Waals surface area contributed by atoms with Gasteiger partial charge in [-0.3, -0.25) is 0 Å². The van der Waals surface area contributed by atoms with Crippen molar-refractivity contribution >= 4 is 10.0 Å². The summed E-state index contributed by atoms with van der Waals surface area (Å²) in [6.45, 7) is 1.37. The van der Waals surface area contributed by atoms with Crippen LogP contribution in [0.25, 0.3) is 0 Å². The molecule has 1 heterocycles. The van der Waals surface area contributed by atoms with Gasteiger partial charge in [0, 0.05) is 20.2 Å². The van der Waals surface area contributed by atoms with Crippen molar-refractivity contribution < 1.29 is 13.2 Å². The Morgan fingerprint density at radius 3 is 2.53 bits per heavy atom. The summed E-state index contributed by atoms with van der Waals surface area (Å²) < 4.78 is 32.5. The van der Waals surface area contributed by atoms with Crippen LogP contribution in [0.15, 0.2) is 0 Å². The van der Waals surface area contributed by atoms with E-state index in [4.69, 9.17) is 4.74 Å². The van der Waals surface area contributed by atoms with Crippen molar-refractivity contribution in [3.63, 3.8) is 0 Å². The summed E-state index contributed by atoms with van der Waals surface area (Å²) in [5.74, 6) is 0. The zero-order valence-electron chi connectivity index (χ0n) is 10.3. The Kier molecular flexibility index (Phi) is 4.41. The van der Waals surface area contributed by atoms with E-state index < -0.39 is 10.0 Å². The minimum atomic E-state index is -3.18. The maximum atomic E-state index is 12.2. The SMILES string of the molecule is CO[C@@H]1CNCC1NS(=O)(=O)C1CCCCC1. The zero-order chi connectivity index (χ0) is 12.3. The maximum absolute atomic E-state index is 12.2. The van der Waals surface area contributed by atoms with Gasteiger partial charge in [-0.05, 0) is 12.8 Å². The molecule has 0 radical (unpaired) electrons. The third kappa shape index (κ3) is 3.19. The Hall–Kier alpha value is -0.170. The Balaban J connectivity index is 1.96. The molecule has 1 saturated carbocycles. The molecular formula is C11H22N2O3S. The Morgan fingerprint density at radius 1 is 1.18 bits per heavy atom. The molecule has 1 saturated heterocycles. The van der Waals surface area contributed by atoms with Crippen LogP contribution in [0.1, 0.15) is 32.1 Å². The molecular weight excluding hydrogens is 240 g/mol. The second-order valence-corrected chi connectivity index (χ2v) is 6.95. The third-order valence-corrected chi connectivity index (χ3v) is 5.75. The van der Waals surface area contributed by atoms with Crippen LogP contribution in [0.5, 0.6) is 0 Å². The molecule has 2 N–H and O–H groups in total. The molecule has 100 valence electrons. The molecule has 6 heteroatoms. The number of hydrogen-bond acceptors (Lipinski definition) is 4. The van der Waals surface area contributed by atoms with Crippen molar-refractivity contribution in [1.29, 1.82) is 0 Å². The standard InChI is InChI=1S/C11H22N2O3S/c1-16-11-8-12-7-10(11)13-17(14,15)9-5-3-2-4-6-9/h9-13H,2-8H2,1H3/t10?,11-/m1/s1. The fraction of sp³-hybridized carbons (Fsp3) is 1.00. The largest absolute Gasteiger partial charge is 0.378 e. The smallest absolute Gasteiger partial charge is 0.214 e.